The van der Waals surface area contributed by atoms with Crippen molar-refractivity contribution in [2.24, 2.45) is 5.73 Å². The fraction of sp³-hybridized carbons (Fsp3) is 0.417. The van der Waals surface area contributed by atoms with Crippen LogP contribution in [-0.2, 0) is 11.0 Å². The van der Waals surface area contributed by atoms with E-state index >= 15 is 0 Å². The second-order valence-corrected chi connectivity index (χ2v) is 8.24. The van der Waals surface area contributed by atoms with Gasteiger partial charge >= 0.3 is 6.18 Å². The molecule has 178 valence electrons. The standard InChI is InChI=1S/C24H28F3N3O3/c1-15-16(2)21(33-14-22(28)31)9-8-20(15)17(3)29-10-12-30(13-11-29)23(32)18-4-6-19(7-5-18)24(25,26)27/h4-9,17H,10-14H2,1-3H3,(H2,28,31). The lowest BCUT2D eigenvalue weighted by Gasteiger charge is -2.39. The van der Waals surface area contributed by atoms with Crippen LogP contribution in [0.5, 0.6) is 5.75 Å². The molecule has 33 heavy (non-hydrogen) atoms. The van der Waals surface area contributed by atoms with Crippen molar-refractivity contribution in [3.8, 4) is 5.75 Å². The van der Waals surface area contributed by atoms with E-state index in [-0.39, 0.29) is 24.1 Å². The molecular weight excluding hydrogens is 435 g/mol. The maximum absolute atomic E-state index is 12.8. The van der Waals surface area contributed by atoms with Crippen LogP contribution in [0.1, 0.15) is 45.6 Å². The molecule has 6 nitrogen and oxygen atoms in total. The van der Waals surface area contributed by atoms with Crippen LogP contribution in [0.25, 0.3) is 0 Å². The zero-order valence-electron chi connectivity index (χ0n) is 18.9. The van der Waals surface area contributed by atoms with Crippen LogP contribution in [0.4, 0.5) is 13.2 Å². The van der Waals surface area contributed by atoms with Crippen molar-refractivity contribution in [2.45, 2.75) is 33.0 Å². The van der Waals surface area contributed by atoms with Gasteiger partial charge in [0.1, 0.15) is 5.75 Å². The summed E-state index contributed by atoms with van der Waals surface area (Å²) in [6.07, 6.45) is -4.42. The summed E-state index contributed by atoms with van der Waals surface area (Å²) in [6.45, 7) is 8.12. The number of carbonyl (C=O) groups is 2. The molecule has 9 heteroatoms. The molecule has 0 aliphatic carbocycles. The summed E-state index contributed by atoms with van der Waals surface area (Å²) >= 11 is 0. The number of ether oxygens (including phenoxy) is 1. The number of piperazine rings is 1. The topological polar surface area (TPSA) is 75.9 Å². The van der Waals surface area contributed by atoms with E-state index in [1.54, 1.807) is 4.90 Å². The van der Waals surface area contributed by atoms with Crippen molar-refractivity contribution in [3.63, 3.8) is 0 Å². The van der Waals surface area contributed by atoms with Crippen molar-refractivity contribution in [1.82, 2.24) is 9.80 Å². The van der Waals surface area contributed by atoms with Crippen LogP contribution in [0.2, 0.25) is 0 Å². The number of primary amides is 1. The van der Waals surface area contributed by atoms with Crippen LogP contribution < -0.4 is 10.5 Å². The van der Waals surface area contributed by atoms with Crippen molar-refractivity contribution in [1.29, 1.82) is 0 Å². The van der Waals surface area contributed by atoms with E-state index in [0.717, 1.165) is 28.8 Å². The largest absolute Gasteiger partial charge is 0.484 e. The van der Waals surface area contributed by atoms with Gasteiger partial charge in [0.25, 0.3) is 11.8 Å². The molecule has 0 spiro atoms. The zero-order chi connectivity index (χ0) is 24.3. The lowest BCUT2D eigenvalue weighted by atomic mass is 9.96. The van der Waals surface area contributed by atoms with Crippen LogP contribution >= 0.6 is 0 Å². The Morgan fingerprint density at radius 1 is 1.00 bits per heavy atom. The first-order valence-corrected chi connectivity index (χ1v) is 10.7. The van der Waals surface area contributed by atoms with Crippen LogP contribution in [-0.4, -0.2) is 54.4 Å². The fourth-order valence-electron chi connectivity index (χ4n) is 4.07. The lowest BCUT2D eigenvalue weighted by Crippen LogP contribution is -2.49. The van der Waals surface area contributed by atoms with Gasteiger partial charge in [-0.2, -0.15) is 13.2 Å². The number of nitrogens with two attached hydrogens (primary N) is 1. The molecule has 2 aromatic rings. The van der Waals surface area contributed by atoms with Gasteiger partial charge in [-0.1, -0.05) is 6.07 Å². The first kappa shape index (κ1) is 24.6. The Labute approximate surface area is 191 Å². The van der Waals surface area contributed by atoms with Gasteiger partial charge in [-0.15, -0.1) is 0 Å². The quantitative estimate of drug-likeness (QED) is 0.709. The lowest BCUT2D eigenvalue weighted by molar-refractivity contribution is -0.137. The molecule has 1 saturated heterocycles. The molecule has 2 amide bonds. The summed E-state index contributed by atoms with van der Waals surface area (Å²) in [6, 6.07) is 8.24. The van der Waals surface area contributed by atoms with E-state index in [1.165, 1.54) is 12.1 Å². The van der Waals surface area contributed by atoms with E-state index in [2.05, 4.69) is 11.8 Å². The van der Waals surface area contributed by atoms with E-state index in [4.69, 9.17) is 10.5 Å². The Morgan fingerprint density at radius 3 is 2.15 bits per heavy atom. The molecule has 1 unspecified atom stereocenters. The monoisotopic (exact) mass is 463 g/mol. The highest BCUT2D eigenvalue weighted by Crippen LogP contribution is 2.32. The van der Waals surface area contributed by atoms with Crippen LogP contribution in [0.15, 0.2) is 36.4 Å². The number of carbonyl (C=O) groups excluding carboxylic acids is 2. The molecule has 1 aliphatic rings. The summed E-state index contributed by atoms with van der Waals surface area (Å²) in [5.74, 6) is -0.179. The maximum atomic E-state index is 12.8. The molecule has 2 N–H and O–H groups in total. The molecule has 0 aromatic heterocycles. The van der Waals surface area contributed by atoms with Crippen LogP contribution in [0.3, 0.4) is 0 Å². The molecule has 0 bridgehead atoms. The Kier molecular flexibility index (Phi) is 7.31. The van der Waals surface area contributed by atoms with Crippen molar-refractivity contribution in [2.75, 3.05) is 32.8 Å². The first-order chi connectivity index (χ1) is 15.5. The van der Waals surface area contributed by atoms with E-state index < -0.39 is 17.6 Å². The third-order valence-corrected chi connectivity index (χ3v) is 6.21. The van der Waals surface area contributed by atoms with E-state index in [0.29, 0.717) is 31.9 Å². The van der Waals surface area contributed by atoms with Gasteiger partial charge in [0, 0.05) is 37.8 Å². The van der Waals surface area contributed by atoms with Gasteiger partial charge < -0.3 is 15.4 Å². The number of rotatable bonds is 6. The molecule has 3 rings (SSSR count). The van der Waals surface area contributed by atoms with Gasteiger partial charge in [0.15, 0.2) is 6.61 Å². The molecule has 1 atom stereocenters. The molecular formula is C24H28F3N3O3. The number of alkyl halides is 3. The number of halogens is 3. The van der Waals surface area contributed by atoms with Crippen molar-refractivity contribution in [3.05, 3.63) is 64.2 Å². The number of benzene rings is 2. The highest BCUT2D eigenvalue weighted by Gasteiger charge is 2.31. The number of amides is 2. The molecule has 0 saturated carbocycles. The average molecular weight is 464 g/mol. The molecule has 1 aliphatic heterocycles. The predicted molar refractivity (Wildman–Crippen MR) is 118 cm³/mol. The second-order valence-electron chi connectivity index (χ2n) is 8.24. The van der Waals surface area contributed by atoms with Gasteiger partial charge in [-0.05, 0) is 67.8 Å². The Bertz CT molecular complexity index is 1010. The van der Waals surface area contributed by atoms with Gasteiger partial charge in [-0.25, -0.2) is 0 Å². The van der Waals surface area contributed by atoms with Crippen molar-refractivity contribution >= 4 is 11.8 Å². The summed E-state index contributed by atoms with van der Waals surface area (Å²) in [5, 5.41) is 0. The minimum absolute atomic E-state index is 0.0946. The van der Waals surface area contributed by atoms with E-state index in [9.17, 15) is 22.8 Å². The Balaban J connectivity index is 1.63. The molecule has 1 fully saturated rings. The zero-order valence-corrected chi connectivity index (χ0v) is 18.9. The first-order valence-electron chi connectivity index (χ1n) is 10.7. The Morgan fingerprint density at radius 2 is 1.61 bits per heavy atom. The van der Waals surface area contributed by atoms with Gasteiger partial charge in [-0.3, -0.25) is 14.5 Å². The smallest absolute Gasteiger partial charge is 0.416 e. The molecule has 1 heterocycles. The van der Waals surface area contributed by atoms with Crippen molar-refractivity contribution < 1.29 is 27.5 Å². The summed E-state index contributed by atoms with van der Waals surface area (Å²) in [5.41, 5.74) is 7.77. The van der Waals surface area contributed by atoms with Crippen LogP contribution in [0, 0.1) is 13.8 Å². The van der Waals surface area contributed by atoms with Gasteiger partial charge in [0.2, 0.25) is 0 Å². The van der Waals surface area contributed by atoms with E-state index in [1.807, 2.05) is 26.0 Å². The SMILES string of the molecule is Cc1c(OCC(N)=O)ccc(C(C)N2CCN(C(=O)c3ccc(C(F)(F)F)cc3)CC2)c1C. The third-order valence-electron chi connectivity index (χ3n) is 6.21. The highest BCUT2D eigenvalue weighted by molar-refractivity contribution is 5.94. The summed E-state index contributed by atoms with van der Waals surface area (Å²) < 4.78 is 43.7. The molecule has 0 radical (unpaired) electrons. The molecule has 2 aromatic carbocycles. The third kappa shape index (κ3) is 5.65. The summed E-state index contributed by atoms with van der Waals surface area (Å²) in [4.78, 5) is 27.7. The number of hydrogen-bond donors (Lipinski definition) is 1. The minimum atomic E-state index is -4.42. The fourth-order valence-corrected chi connectivity index (χ4v) is 4.07. The minimum Gasteiger partial charge on any atom is -0.484 e. The average Bonchev–Trinajstić information content (AvgIpc) is 2.78. The normalized spacial score (nSPS) is 15.9. The predicted octanol–water partition coefficient (Wildman–Crippen LogP) is 3.71. The number of hydrogen-bond acceptors (Lipinski definition) is 4. The summed E-state index contributed by atoms with van der Waals surface area (Å²) in [7, 11) is 0. The number of nitrogens with zero attached hydrogens (tertiary/aromatic N) is 2. The highest BCUT2D eigenvalue weighted by atomic mass is 19.4. The Hall–Kier alpha value is -3.07. The second kappa shape index (κ2) is 9.82. The maximum Gasteiger partial charge on any atom is 0.416 e. The van der Waals surface area contributed by atoms with Gasteiger partial charge in [0.05, 0.1) is 5.56 Å².